The lowest BCUT2D eigenvalue weighted by Gasteiger charge is -2.19. The molecule has 4 nitrogen and oxygen atoms in total. The molecule has 0 unspecified atom stereocenters. The molecule has 1 aliphatic rings. The summed E-state index contributed by atoms with van der Waals surface area (Å²) in [6.07, 6.45) is 0.324. The number of amides is 1. The summed E-state index contributed by atoms with van der Waals surface area (Å²) in [7, 11) is 0. The number of anilines is 1. The maximum absolute atomic E-state index is 12.4. The number of carbonyl (C=O) groups excluding carboxylic acids is 2. The molecular formula is C16H12BrNO3. The third-order valence-electron chi connectivity index (χ3n) is 3.21. The number of ether oxygens (including phenoxy) is 1. The van der Waals surface area contributed by atoms with Crippen LogP contribution in [-0.2, 0) is 11.2 Å². The zero-order valence-electron chi connectivity index (χ0n) is 11.1. The largest absolute Gasteiger partial charge is 0.482 e. The van der Waals surface area contributed by atoms with Crippen LogP contribution in [0.2, 0.25) is 0 Å². The van der Waals surface area contributed by atoms with Crippen LogP contribution in [0.4, 0.5) is 5.69 Å². The van der Waals surface area contributed by atoms with Crippen LogP contribution in [0.25, 0.3) is 0 Å². The Labute approximate surface area is 130 Å². The van der Waals surface area contributed by atoms with E-state index in [-0.39, 0.29) is 18.3 Å². The van der Waals surface area contributed by atoms with Crippen molar-refractivity contribution in [1.29, 1.82) is 0 Å². The summed E-state index contributed by atoms with van der Waals surface area (Å²) in [5, 5.41) is 2.71. The first-order valence-electron chi connectivity index (χ1n) is 6.47. The molecular weight excluding hydrogens is 334 g/mol. The monoisotopic (exact) mass is 345 g/mol. The van der Waals surface area contributed by atoms with Crippen molar-refractivity contribution in [2.45, 2.75) is 6.42 Å². The lowest BCUT2D eigenvalue weighted by Crippen LogP contribution is -2.25. The third-order valence-corrected chi connectivity index (χ3v) is 3.87. The Balaban J connectivity index is 1.88. The molecule has 2 aromatic rings. The van der Waals surface area contributed by atoms with E-state index in [1.807, 2.05) is 30.3 Å². The molecule has 0 saturated heterocycles. The van der Waals surface area contributed by atoms with Crippen LogP contribution in [0.15, 0.2) is 46.9 Å². The van der Waals surface area contributed by atoms with Crippen molar-refractivity contribution in [1.82, 2.24) is 0 Å². The molecule has 1 N–H and O–H groups in total. The van der Waals surface area contributed by atoms with Crippen molar-refractivity contribution in [3.63, 3.8) is 0 Å². The van der Waals surface area contributed by atoms with Gasteiger partial charge in [-0.05, 0) is 33.6 Å². The number of hydrogen-bond donors (Lipinski definition) is 1. The van der Waals surface area contributed by atoms with Crippen molar-refractivity contribution in [2.24, 2.45) is 0 Å². The zero-order chi connectivity index (χ0) is 14.8. The van der Waals surface area contributed by atoms with Crippen molar-refractivity contribution in [2.75, 3.05) is 11.9 Å². The molecule has 21 heavy (non-hydrogen) atoms. The molecule has 5 heteroatoms. The molecule has 0 fully saturated rings. The number of rotatable bonds is 3. The number of fused-ring (bicyclic) bond motifs is 1. The first kappa shape index (κ1) is 13.8. The first-order valence-corrected chi connectivity index (χ1v) is 7.26. The second kappa shape index (κ2) is 5.69. The van der Waals surface area contributed by atoms with E-state index in [1.165, 1.54) is 0 Å². The third kappa shape index (κ3) is 2.97. The van der Waals surface area contributed by atoms with Crippen molar-refractivity contribution in [3.05, 3.63) is 58.1 Å². The number of Topliss-reactive ketones (excluding diaryl/α,β-unsaturated/α-hetero) is 1. The van der Waals surface area contributed by atoms with E-state index >= 15 is 0 Å². The van der Waals surface area contributed by atoms with E-state index < -0.39 is 0 Å². The van der Waals surface area contributed by atoms with Crippen LogP contribution in [0, 0.1) is 0 Å². The summed E-state index contributed by atoms with van der Waals surface area (Å²) in [6, 6.07) is 12.9. The Hall–Kier alpha value is -2.14. The molecule has 1 heterocycles. The minimum absolute atomic E-state index is 0.00336. The lowest BCUT2D eigenvalue weighted by molar-refractivity contribution is -0.118. The van der Waals surface area contributed by atoms with Gasteiger partial charge in [0.25, 0.3) is 5.91 Å². The Morgan fingerprint density at radius 3 is 2.76 bits per heavy atom. The normalized spacial score (nSPS) is 13.1. The van der Waals surface area contributed by atoms with E-state index in [1.54, 1.807) is 12.1 Å². The molecule has 0 saturated carbocycles. The molecule has 0 aliphatic carbocycles. The van der Waals surface area contributed by atoms with E-state index in [9.17, 15) is 9.59 Å². The molecule has 2 aromatic carbocycles. The number of benzene rings is 2. The quantitative estimate of drug-likeness (QED) is 0.869. The summed E-state index contributed by atoms with van der Waals surface area (Å²) < 4.78 is 5.99. The molecule has 0 radical (unpaired) electrons. The standard InChI is InChI=1S/C16H12BrNO3/c17-12-8-13-15(21-9-16(20)18-13)7-11(12)14(19)6-10-4-2-1-3-5-10/h1-5,7-8H,6,9H2,(H,18,20). The Morgan fingerprint density at radius 2 is 2.00 bits per heavy atom. The Bertz CT molecular complexity index is 713. The Kier molecular flexibility index (Phi) is 3.75. The Morgan fingerprint density at radius 1 is 1.24 bits per heavy atom. The molecule has 1 aliphatic heterocycles. The summed E-state index contributed by atoms with van der Waals surface area (Å²) in [5.41, 5.74) is 2.09. The highest BCUT2D eigenvalue weighted by molar-refractivity contribution is 9.10. The summed E-state index contributed by atoms with van der Waals surface area (Å²) in [5.74, 6) is 0.323. The van der Waals surface area contributed by atoms with E-state index in [0.717, 1.165) is 5.56 Å². The van der Waals surface area contributed by atoms with Crippen LogP contribution in [-0.4, -0.2) is 18.3 Å². The average Bonchev–Trinajstić information content (AvgIpc) is 2.47. The van der Waals surface area contributed by atoms with Gasteiger partial charge in [0.05, 0.1) is 5.69 Å². The summed E-state index contributed by atoms with van der Waals surface area (Å²) in [4.78, 5) is 23.7. The average molecular weight is 346 g/mol. The molecule has 0 atom stereocenters. The van der Waals surface area contributed by atoms with Crippen LogP contribution < -0.4 is 10.1 Å². The van der Waals surface area contributed by atoms with Gasteiger partial charge in [-0.3, -0.25) is 9.59 Å². The van der Waals surface area contributed by atoms with Gasteiger partial charge in [0.15, 0.2) is 12.4 Å². The predicted molar refractivity (Wildman–Crippen MR) is 82.7 cm³/mol. The topological polar surface area (TPSA) is 55.4 Å². The zero-order valence-corrected chi connectivity index (χ0v) is 12.6. The highest BCUT2D eigenvalue weighted by Crippen LogP contribution is 2.34. The van der Waals surface area contributed by atoms with Gasteiger partial charge in [0.2, 0.25) is 0 Å². The maximum atomic E-state index is 12.4. The molecule has 0 spiro atoms. The maximum Gasteiger partial charge on any atom is 0.262 e. The number of ketones is 1. The SMILES string of the molecule is O=C1COc2cc(C(=O)Cc3ccccc3)c(Br)cc2N1. The second-order valence-corrected chi connectivity index (χ2v) is 5.60. The van der Waals surface area contributed by atoms with Gasteiger partial charge in [-0.1, -0.05) is 30.3 Å². The molecule has 106 valence electrons. The van der Waals surface area contributed by atoms with Gasteiger partial charge in [-0.2, -0.15) is 0 Å². The van der Waals surface area contributed by atoms with E-state index in [0.29, 0.717) is 27.9 Å². The fourth-order valence-corrected chi connectivity index (χ4v) is 2.75. The van der Waals surface area contributed by atoms with Gasteiger partial charge in [0, 0.05) is 16.5 Å². The van der Waals surface area contributed by atoms with Crippen LogP contribution >= 0.6 is 15.9 Å². The van der Waals surface area contributed by atoms with Crippen molar-refractivity contribution < 1.29 is 14.3 Å². The highest BCUT2D eigenvalue weighted by atomic mass is 79.9. The molecule has 0 bridgehead atoms. The lowest BCUT2D eigenvalue weighted by atomic mass is 10.0. The first-order chi connectivity index (χ1) is 10.1. The number of nitrogens with one attached hydrogen (secondary N) is 1. The van der Waals surface area contributed by atoms with Crippen molar-refractivity contribution in [3.8, 4) is 5.75 Å². The minimum atomic E-state index is -0.197. The number of halogens is 1. The van der Waals surface area contributed by atoms with E-state index in [2.05, 4.69) is 21.2 Å². The smallest absolute Gasteiger partial charge is 0.262 e. The molecule has 3 rings (SSSR count). The fraction of sp³-hybridized carbons (Fsp3) is 0.125. The summed E-state index contributed by atoms with van der Waals surface area (Å²) in [6.45, 7) is -0.0268. The van der Waals surface area contributed by atoms with Gasteiger partial charge in [0.1, 0.15) is 5.75 Å². The number of carbonyl (C=O) groups is 2. The van der Waals surface area contributed by atoms with Gasteiger partial charge in [-0.15, -0.1) is 0 Å². The predicted octanol–water partition coefficient (Wildman–Crippen LogP) is 3.21. The second-order valence-electron chi connectivity index (χ2n) is 4.75. The molecule has 0 aromatic heterocycles. The fourth-order valence-electron chi connectivity index (χ4n) is 2.19. The highest BCUT2D eigenvalue weighted by Gasteiger charge is 2.20. The summed E-state index contributed by atoms with van der Waals surface area (Å²) >= 11 is 3.38. The van der Waals surface area contributed by atoms with Gasteiger partial charge >= 0.3 is 0 Å². The van der Waals surface area contributed by atoms with Crippen LogP contribution in [0.5, 0.6) is 5.75 Å². The van der Waals surface area contributed by atoms with Crippen molar-refractivity contribution >= 4 is 33.3 Å². The molecule has 1 amide bonds. The van der Waals surface area contributed by atoms with Gasteiger partial charge < -0.3 is 10.1 Å². The number of hydrogen-bond acceptors (Lipinski definition) is 3. The van der Waals surface area contributed by atoms with E-state index in [4.69, 9.17) is 4.74 Å². The van der Waals surface area contributed by atoms with Gasteiger partial charge in [-0.25, -0.2) is 0 Å². The van der Waals surface area contributed by atoms with Crippen LogP contribution in [0.1, 0.15) is 15.9 Å². The van der Waals surface area contributed by atoms with Crippen LogP contribution in [0.3, 0.4) is 0 Å². The minimum Gasteiger partial charge on any atom is -0.482 e.